The summed E-state index contributed by atoms with van der Waals surface area (Å²) in [7, 11) is 1.40. The summed E-state index contributed by atoms with van der Waals surface area (Å²) in [5.41, 5.74) is 2.64. The van der Waals surface area contributed by atoms with E-state index in [1.807, 2.05) is 24.3 Å². The van der Waals surface area contributed by atoms with Crippen LogP contribution in [0.2, 0.25) is 0 Å². The zero-order valence-corrected chi connectivity index (χ0v) is 16.4. The van der Waals surface area contributed by atoms with Gasteiger partial charge in [-0.3, -0.25) is 4.79 Å². The second kappa shape index (κ2) is 8.21. The van der Waals surface area contributed by atoms with Gasteiger partial charge in [-0.05, 0) is 42.2 Å². The van der Waals surface area contributed by atoms with Crippen molar-refractivity contribution in [3.05, 3.63) is 71.1 Å². The Morgan fingerprint density at radius 3 is 2.68 bits per heavy atom. The normalized spacial score (nSPS) is 10.9. The summed E-state index contributed by atoms with van der Waals surface area (Å²) in [4.78, 5) is 16.8. The molecule has 0 aliphatic heterocycles. The third-order valence-electron chi connectivity index (χ3n) is 4.43. The lowest BCUT2D eigenvalue weighted by Crippen LogP contribution is -2.24. The molecule has 0 aliphatic rings. The molecule has 0 aliphatic carbocycles. The van der Waals surface area contributed by atoms with E-state index in [0.717, 1.165) is 11.3 Å². The molecule has 146 valence electrons. The van der Waals surface area contributed by atoms with Gasteiger partial charge in [0, 0.05) is 6.54 Å². The number of carbonyl (C=O) groups is 1. The number of benzene rings is 2. The van der Waals surface area contributed by atoms with E-state index in [-0.39, 0.29) is 18.1 Å². The van der Waals surface area contributed by atoms with E-state index in [4.69, 9.17) is 4.74 Å². The molecule has 7 heteroatoms. The Labute approximate surface area is 163 Å². The Balaban J connectivity index is 1.78. The molecule has 0 fully saturated rings. The Hall–Kier alpha value is -3.22. The lowest BCUT2D eigenvalue weighted by Gasteiger charge is -2.12. The number of hydrogen-bond donors (Lipinski definition) is 1. The van der Waals surface area contributed by atoms with Crippen molar-refractivity contribution in [2.75, 3.05) is 7.11 Å². The van der Waals surface area contributed by atoms with Crippen molar-refractivity contribution in [1.29, 1.82) is 0 Å². The van der Waals surface area contributed by atoms with Crippen LogP contribution in [0.5, 0.6) is 5.75 Å². The molecule has 28 heavy (non-hydrogen) atoms. The number of carbonyl (C=O) groups excluding carboxylic acids is 1. The van der Waals surface area contributed by atoms with Crippen molar-refractivity contribution in [2.45, 2.75) is 33.2 Å². The van der Waals surface area contributed by atoms with Gasteiger partial charge in [-0.2, -0.15) is 0 Å². The molecule has 0 saturated carbocycles. The molecule has 0 unspecified atom stereocenters. The minimum atomic E-state index is -0.474. The summed E-state index contributed by atoms with van der Waals surface area (Å²) >= 11 is 0. The smallest absolute Gasteiger partial charge is 0.291 e. The molecule has 3 aromatic rings. The standard InChI is InChI=1S/C21H23FN4O2/c1-13(2)16-7-5-6-8-18(16)26-14(3)24-20(25-26)21(27)23-12-15-9-10-19(28-4)17(22)11-15/h5-11,13H,12H2,1-4H3,(H,23,27). The van der Waals surface area contributed by atoms with Crippen LogP contribution in [-0.4, -0.2) is 27.8 Å². The first kappa shape index (κ1) is 19.5. The van der Waals surface area contributed by atoms with Crippen LogP contribution in [0.4, 0.5) is 4.39 Å². The number of para-hydroxylation sites is 1. The van der Waals surface area contributed by atoms with E-state index in [0.29, 0.717) is 17.3 Å². The first-order chi connectivity index (χ1) is 13.4. The molecule has 1 heterocycles. The number of aromatic nitrogens is 3. The van der Waals surface area contributed by atoms with E-state index < -0.39 is 11.7 Å². The van der Waals surface area contributed by atoms with E-state index in [1.54, 1.807) is 17.7 Å². The lowest BCUT2D eigenvalue weighted by atomic mass is 10.0. The molecular formula is C21H23FN4O2. The molecule has 0 radical (unpaired) electrons. The maximum atomic E-state index is 13.8. The number of halogens is 1. The monoisotopic (exact) mass is 382 g/mol. The zero-order chi connectivity index (χ0) is 20.3. The Morgan fingerprint density at radius 1 is 1.25 bits per heavy atom. The SMILES string of the molecule is COc1ccc(CNC(=O)c2nc(C)n(-c3ccccc3C(C)C)n2)cc1F. The maximum Gasteiger partial charge on any atom is 0.291 e. The number of hydrogen-bond acceptors (Lipinski definition) is 4. The van der Waals surface area contributed by atoms with Crippen LogP contribution in [0.3, 0.4) is 0 Å². The molecule has 2 aromatic carbocycles. The first-order valence-electron chi connectivity index (χ1n) is 9.04. The van der Waals surface area contributed by atoms with Crippen LogP contribution < -0.4 is 10.1 Å². The molecule has 1 N–H and O–H groups in total. The average Bonchev–Trinajstić information content (AvgIpc) is 3.07. The summed E-state index contributed by atoms with van der Waals surface area (Å²) < 4.78 is 20.4. The van der Waals surface area contributed by atoms with Crippen molar-refractivity contribution < 1.29 is 13.9 Å². The average molecular weight is 382 g/mol. The van der Waals surface area contributed by atoms with Crippen LogP contribution in [0, 0.1) is 12.7 Å². The van der Waals surface area contributed by atoms with Gasteiger partial charge >= 0.3 is 0 Å². The summed E-state index contributed by atoms with van der Waals surface area (Å²) in [6, 6.07) is 12.5. The van der Waals surface area contributed by atoms with E-state index >= 15 is 0 Å². The highest BCUT2D eigenvalue weighted by molar-refractivity contribution is 5.90. The predicted molar refractivity (Wildman–Crippen MR) is 104 cm³/mol. The van der Waals surface area contributed by atoms with Gasteiger partial charge in [-0.25, -0.2) is 14.1 Å². The molecule has 1 amide bonds. The molecule has 6 nitrogen and oxygen atoms in total. The Kier molecular flexibility index (Phi) is 5.73. The van der Waals surface area contributed by atoms with Gasteiger partial charge in [-0.15, -0.1) is 5.10 Å². The fourth-order valence-electron chi connectivity index (χ4n) is 2.96. The predicted octanol–water partition coefficient (Wildman–Crippen LogP) is 3.78. The van der Waals surface area contributed by atoms with Gasteiger partial charge < -0.3 is 10.1 Å². The fourth-order valence-corrected chi connectivity index (χ4v) is 2.96. The van der Waals surface area contributed by atoms with E-state index in [2.05, 4.69) is 29.2 Å². The third-order valence-corrected chi connectivity index (χ3v) is 4.43. The van der Waals surface area contributed by atoms with Gasteiger partial charge in [0.2, 0.25) is 5.82 Å². The minimum Gasteiger partial charge on any atom is -0.494 e. The molecule has 3 rings (SSSR count). The second-order valence-corrected chi connectivity index (χ2v) is 6.76. The highest BCUT2D eigenvalue weighted by Gasteiger charge is 2.17. The highest BCUT2D eigenvalue weighted by atomic mass is 19.1. The Bertz CT molecular complexity index is 998. The highest BCUT2D eigenvalue weighted by Crippen LogP contribution is 2.23. The summed E-state index contributed by atoms with van der Waals surface area (Å²) in [6.07, 6.45) is 0. The summed E-state index contributed by atoms with van der Waals surface area (Å²) in [6.45, 7) is 6.18. The molecule has 0 bridgehead atoms. The zero-order valence-electron chi connectivity index (χ0n) is 16.4. The van der Waals surface area contributed by atoms with Gasteiger partial charge in [-0.1, -0.05) is 38.1 Å². The van der Waals surface area contributed by atoms with Gasteiger partial charge in [0.05, 0.1) is 12.8 Å². The Morgan fingerprint density at radius 2 is 2.00 bits per heavy atom. The second-order valence-electron chi connectivity index (χ2n) is 6.76. The number of methoxy groups -OCH3 is 1. The topological polar surface area (TPSA) is 69.0 Å². The third kappa shape index (κ3) is 4.03. The molecule has 0 atom stereocenters. The van der Waals surface area contributed by atoms with Crippen LogP contribution in [0.1, 0.15) is 47.3 Å². The van der Waals surface area contributed by atoms with Crippen LogP contribution in [0.15, 0.2) is 42.5 Å². The number of amides is 1. The lowest BCUT2D eigenvalue weighted by molar-refractivity contribution is 0.0940. The molecule has 0 saturated heterocycles. The minimum absolute atomic E-state index is 0.0741. The summed E-state index contributed by atoms with van der Waals surface area (Å²) in [5, 5.41) is 7.10. The summed E-state index contributed by atoms with van der Waals surface area (Å²) in [5.74, 6) is 0.272. The number of rotatable bonds is 6. The van der Waals surface area contributed by atoms with E-state index in [1.165, 1.54) is 19.2 Å². The first-order valence-corrected chi connectivity index (χ1v) is 9.04. The quantitative estimate of drug-likeness (QED) is 0.704. The van der Waals surface area contributed by atoms with Crippen LogP contribution >= 0.6 is 0 Å². The van der Waals surface area contributed by atoms with Gasteiger partial charge in [0.1, 0.15) is 5.82 Å². The molecule has 1 aromatic heterocycles. The number of ether oxygens (including phenoxy) is 1. The van der Waals surface area contributed by atoms with Crippen molar-refractivity contribution in [3.63, 3.8) is 0 Å². The van der Waals surface area contributed by atoms with Gasteiger partial charge in [0.15, 0.2) is 11.6 Å². The maximum absolute atomic E-state index is 13.8. The molecular weight excluding hydrogens is 359 g/mol. The largest absolute Gasteiger partial charge is 0.494 e. The van der Waals surface area contributed by atoms with E-state index in [9.17, 15) is 9.18 Å². The van der Waals surface area contributed by atoms with Crippen molar-refractivity contribution in [2.24, 2.45) is 0 Å². The number of nitrogens with one attached hydrogen (secondary N) is 1. The van der Waals surface area contributed by atoms with Crippen molar-refractivity contribution in [1.82, 2.24) is 20.1 Å². The molecule has 0 spiro atoms. The number of nitrogens with zero attached hydrogens (tertiary/aromatic N) is 3. The fraction of sp³-hybridized carbons (Fsp3) is 0.286. The van der Waals surface area contributed by atoms with Crippen molar-refractivity contribution >= 4 is 5.91 Å². The number of aryl methyl sites for hydroxylation is 1. The van der Waals surface area contributed by atoms with Crippen LogP contribution in [0.25, 0.3) is 5.69 Å². The van der Waals surface area contributed by atoms with Gasteiger partial charge in [0.25, 0.3) is 5.91 Å². The van der Waals surface area contributed by atoms with Crippen molar-refractivity contribution in [3.8, 4) is 11.4 Å². The van der Waals surface area contributed by atoms with Crippen LogP contribution in [-0.2, 0) is 6.54 Å².